The summed E-state index contributed by atoms with van der Waals surface area (Å²) in [5, 5.41) is 9.31. The minimum absolute atomic E-state index is 0.0133. The van der Waals surface area contributed by atoms with Gasteiger partial charge < -0.3 is 9.30 Å². The quantitative estimate of drug-likeness (QED) is 0.0733. The molecule has 9 rings (SSSR count). The molecular formula is C44H38ClF6N7O3S. The number of aromatic nitrogens is 7. The average Bonchev–Trinajstić information content (AvgIpc) is 3.40. The van der Waals surface area contributed by atoms with Crippen molar-refractivity contribution in [1.82, 2.24) is 34.1 Å². The number of Topliss-reactive ketones (excluding diaryl/α,β-unsaturated/α-hetero) is 1. The standard InChI is InChI=1S/C44H38ClF6N7O3S/c1-43(42-52-11-12-57(42)13-14-61-43)10-9-27-5-6-29(30-7-8-33(45)36-34(22-62(3,4)60)54-56(2)39(30)36)37(53-27)24(15-23-16-25(46)19-26(47)17-23)18-28(59)21-58-40-35(38(55-58)41(48)49)31-20-32(31)44(40,50)51/h5-8,11-12,16-17,19,24,31-32,41H,3,13-15,18,20-22H2,1-2,4H3/t24-,31+,32-,43?,62?/m1/s1. The minimum atomic E-state index is -3.46. The van der Waals surface area contributed by atoms with Crippen molar-refractivity contribution in [2.24, 2.45) is 13.0 Å². The third-order valence-electron chi connectivity index (χ3n) is 11.7. The van der Waals surface area contributed by atoms with Crippen LogP contribution in [0.5, 0.6) is 0 Å². The molecule has 0 N–H and O–H groups in total. The maximum atomic E-state index is 15.6. The van der Waals surface area contributed by atoms with E-state index in [2.05, 4.69) is 32.9 Å². The second kappa shape index (κ2) is 15.1. The van der Waals surface area contributed by atoms with Crippen molar-refractivity contribution in [3.63, 3.8) is 0 Å². The summed E-state index contributed by atoms with van der Waals surface area (Å²) in [5.74, 6) is 1.83. The van der Waals surface area contributed by atoms with Crippen molar-refractivity contribution in [1.29, 1.82) is 0 Å². The Morgan fingerprint density at radius 1 is 1.10 bits per heavy atom. The zero-order valence-electron chi connectivity index (χ0n) is 33.6. The van der Waals surface area contributed by atoms with Crippen LogP contribution in [0.1, 0.15) is 83.4 Å². The van der Waals surface area contributed by atoms with Crippen LogP contribution in [0, 0.1) is 29.4 Å². The van der Waals surface area contributed by atoms with Gasteiger partial charge in [-0.1, -0.05) is 23.6 Å². The van der Waals surface area contributed by atoms with E-state index in [4.69, 9.17) is 21.3 Å². The van der Waals surface area contributed by atoms with Gasteiger partial charge in [0.2, 0.25) is 0 Å². The molecule has 18 heteroatoms. The number of nitrogens with zero attached hydrogens (tertiary/aromatic N) is 7. The van der Waals surface area contributed by atoms with Gasteiger partial charge in [0.25, 0.3) is 12.3 Å². The molecule has 1 aliphatic heterocycles. The van der Waals surface area contributed by atoms with Gasteiger partial charge in [0.05, 0.1) is 34.3 Å². The lowest BCUT2D eigenvalue weighted by atomic mass is 9.86. The van der Waals surface area contributed by atoms with E-state index in [1.165, 1.54) is 6.26 Å². The van der Waals surface area contributed by atoms with Crippen molar-refractivity contribution in [2.45, 2.75) is 74.8 Å². The maximum absolute atomic E-state index is 15.6. The monoisotopic (exact) mass is 893 g/mol. The molecule has 3 aliphatic rings. The van der Waals surface area contributed by atoms with E-state index in [9.17, 15) is 26.6 Å². The fraction of sp³-hybridized carbons (Fsp3) is 0.364. The molecule has 4 aromatic heterocycles. The number of fused-ring (bicyclic) bond motifs is 5. The summed E-state index contributed by atoms with van der Waals surface area (Å²) < 4.78 is 112. The molecule has 0 amide bonds. The first-order chi connectivity index (χ1) is 29.3. The predicted molar refractivity (Wildman–Crippen MR) is 221 cm³/mol. The molecule has 10 nitrogen and oxygen atoms in total. The Morgan fingerprint density at radius 3 is 2.56 bits per heavy atom. The number of benzene rings is 2. The molecule has 6 aromatic rings. The summed E-state index contributed by atoms with van der Waals surface area (Å²) in [6, 6.07) is 9.68. The number of hydrogen-bond donors (Lipinski definition) is 0. The predicted octanol–water partition coefficient (Wildman–Crippen LogP) is 8.24. The molecule has 1 fully saturated rings. The fourth-order valence-corrected chi connectivity index (χ4v) is 10.1. The van der Waals surface area contributed by atoms with Crippen LogP contribution in [0.25, 0.3) is 22.0 Å². The lowest BCUT2D eigenvalue weighted by molar-refractivity contribution is -0.120. The lowest BCUT2D eigenvalue weighted by Gasteiger charge is -2.29. The topological polar surface area (TPSA) is 110 Å². The van der Waals surface area contributed by atoms with Gasteiger partial charge in [-0.3, -0.25) is 18.4 Å². The summed E-state index contributed by atoms with van der Waals surface area (Å²) in [5.41, 5.74) is -0.253. The Kier molecular flexibility index (Phi) is 10.2. The van der Waals surface area contributed by atoms with Crippen molar-refractivity contribution in [3.8, 4) is 23.0 Å². The summed E-state index contributed by atoms with van der Waals surface area (Å²) >= 11 is 6.78. The first kappa shape index (κ1) is 41.9. The average molecular weight is 894 g/mol. The Balaban J connectivity index is 1.20. The fourth-order valence-electron chi connectivity index (χ4n) is 9.11. The molecule has 0 spiro atoms. The minimum Gasteiger partial charge on any atom is -0.353 e. The smallest absolute Gasteiger partial charge is 0.293 e. The largest absolute Gasteiger partial charge is 0.353 e. The highest BCUT2D eigenvalue weighted by molar-refractivity contribution is 7.98. The van der Waals surface area contributed by atoms with Crippen LogP contribution in [0.15, 0.2) is 54.9 Å². The number of ether oxygens (including phenoxy) is 1. The molecule has 0 radical (unpaired) electrons. The van der Waals surface area contributed by atoms with Crippen LogP contribution in [0.2, 0.25) is 5.02 Å². The number of rotatable bonds is 11. The second-order valence-corrected chi connectivity index (χ2v) is 19.6. The van der Waals surface area contributed by atoms with Crippen LogP contribution in [0.4, 0.5) is 26.3 Å². The van der Waals surface area contributed by atoms with Crippen molar-refractivity contribution in [2.75, 3.05) is 12.9 Å². The SMILES string of the molecule is C=S(C)(=O)Cc1nn(C)c2c(-c3ccc(C#CC4(C)OCCn5ccnc54)nc3[C@@H](CC(=O)Cn3nc(C(F)F)c4c3C(F)(F)[C@@H]3C[C@H]43)Cc3cc(F)cc(F)c3)ccc(Cl)c12. The first-order valence-corrected chi connectivity index (χ1v) is 22.4. The molecule has 0 saturated heterocycles. The highest BCUT2D eigenvalue weighted by atomic mass is 35.5. The highest BCUT2D eigenvalue weighted by Crippen LogP contribution is 2.68. The zero-order chi connectivity index (χ0) is 44.0. The number of halogens is 7. The number of carbonyl (C=O) groups excluding carboxylic acids is 1. The van der Waals surface area contributed by atoms with Gasteiger partial charge in [0.15, 0.2) is 17.2 Å². The number of hydrogen-bond acceptors (Lipinski definition) is 7. The number of carbonyl (C=O) groups is 1. The van der Waals surface area contributed by atoms with Gasteiger partial charge in [0, 0.05) is 78.6 Å². The molecule has 1 saturated carbocycles. The van der Waals surface area contributed by atoms with E-state index in [1.807, 2.05) is 10.8 Å². The van der Waals surface area contributed by atoms with Crippen LogP contribution < -0.4 is 0 Å². The van der Waals surface area contributed by atoms with Gasteiger partial charge in [0.1, 0.15) is 35.3 Å². The number of aryl methyl sites for hydroxylation is 1. The van der Waals surface area contributed by atoms with E-state index in [0.29, 0.717) is 62.5 Å². The van der Waals surface area contributed by atoms with Gasteiger partial charge in [-0.15, -0.1) is 0 Å². The normalized spacial score (nSPS) is 21.2. The van der Waals surface area contributed by atoms with Gasteiger partial charge in [-0.05, 0) is 82.9 Å². The Morgan fingerprint density at radius 2 is 1.84 bits per heavy atom. The third kappa shape index (κ3) is 7.49. The first-order valence-electron chi connectivity index (χ1n) is 19.7. The number of alkyl halides is 4. The molecule has 322 valence electrons. The maximum Gasteiger partial charge on any atom is 0.293 e. The molecule has 62 heavy (non-hydrogen) atoms. The molecule has 2 unspecified atom stereocenters. The molecule has 5 heterocycles. The van der Waals surface area contributed by atoms with Crippen molar-refractivity contribution >= 4 is 43.7 Å². The summed E-state index contributed by atoms with van der Waals surface area (Å²) in [6.45, 7) is 1.95. The van der Waals surface area contributed by atoms with E-state index in [-0.39, 0.29) is 41.1 Å². The van der Waals surface area contributed by atoms with E-state index in [0.717, 1.165) is 12.1 Å². The number of pyridine rings is 1. The summed E-state index contributed by atoms with van der Waals surface area (Å²) in [4.78, 5) is 23.7. The van der Waals surface area contributed by atoms with Crippen LogP contribution in [-0.4, -0.2) is 62.8 Å². The molecule has 2 aliphatic carbocycles. The van der Waals surface area contributed by atoms with Crippen molar-refractivity contribution in [3.05, 3.63) is 117 Å². The zero-order valence-corrected chi connectivity index (χ0v) is 35.1. The van der Waals surface area contributed by atoms with Crippen LogP contribution in [-0.2, 0) is 62.9 Å². The van der Waals surface area contributed by atoms with Gasteiger partial charge in [-0.2, -0.15) is 19.0 Å². The second-order valence-electron chi connectivity index (χ2n) is 16.5. The van der Waals surface area contributed by atoms with Crippen molar-refractivity contribution < 1.29 is 40.1 Å². The van der Waals surface area contributed by atoms with E-state index >= 15 is 8.78 Å². The number of ketones is 1. The van der Waals surface area contributed by atoms with Gasteiger partial charge >= 0.3 is 0 Å². The van der Waals surface area contributed by atoms with E-state index in [1.54, 1.807) is 49.1 Å². The van der Waals surface area contributed by atoms with Gasteiger partial charge in [-0.25, -0.2) is 27.5 Å². The Labute approximate surface area is 357 Å². The molecule has 0 bridgehead atoms. The van der Waals surface area contributed by atoms with Crippen LogP contribution >= 0.6 is 11.6 Å². The third-order valence-corrected chi connectivity index (χ3v) is 12.9. The molecule has 5 atom stereocenters. The van der Waals surface area contributed by atoms with Crippen LogP contribution in [0.3, 0.4) is 0 Å². The summed E-state index contributed by atoms with van der Waals surface area (Å²) in [6.07, 6.45) is 1.27. The Bertz CT molecular complexity index is 2990. The summed E-state index contributed by atoms with van der Waals surface area (Å²) in [7, 11) is -0.900. The Hall–Kier alpha value is -5.44. The lowest BCUT2D eigenvalue weighted by Crippen LogP contribution is -2.34. The highest BCUT2D eigenvalue weighted by Gasteiger charge is 2.67. The molecular weight excluding hydrogens is 856 g/mol. The van der Waals surface area contributed by atoms with E-state index < -0.39 is 87.0 Å². The molecule has 2 aromatic carbocycles. The number of imidazole rings is 1.